The molecule has 0 bridgehead atoms. The van der Waals surface area contributed by atoms with E-state index in [4.69, 9.17) is 9.88 Å². The molecule has 9 heteroatoms. The van der Waals surface area contributed by atoms with E-state index >= 15 is 0 Å². The van der Waals surface area contributed by atoms with Gasteiger partial charge in [-0.05, 0) is 25.3 Å². The van der Waals surface area contributed by atoms with Crippen molar-refractivity contribution in [2.24, 2.45) is 5.14 Å². The molecule has 1 aromatic rings. The molecule has 1 saturated carbocycles. The molecular weight excluding hydrogens is 334 g/mol. The van der Waals surface area contributed by atoms with E-state index in [0.29, 0.717) is 25.7 Å². The summed E-state index contributed by atoms with van der Waals surface area (Å²) >= 11 is 0. The Morgan fingerprint density at radius 3 is 2.62 bits per heavy atom. The molecule has 0 atom stereocenters. The largest absolute Gasteiger partial charge is 0.384 e. The van der Waals surface area contributed by atoms with Crippen LogP contribution in [0.15, 0.2) is 23.1 Å². The SMILES string of the molecule is NS(=O)(=O)c1cc([N+](=O)[O-])ccc1NCCCOC1CCCCC1. The number of hydrogen-bond donors (Lipinski definition) is 2. The minimum atomic E-state index is -4.05. The Morgan fingerprint density at radius 1 is 1.29 bits per heavy atom. The topological polar surface area (TPSA) is 125 Å². The highest BCUT2D eigenvalue weighted by Crippen LogP contribution is 2.25. The van der Waals surface area contributed by atoms with Gasteiger partial charge in [0.2, 0.25) is 10.0 Å². The second-order valence-electron chi connectivity index (χ2n) is 5.89. The third kappa shape index (κ3) is 5.43. The molecule has 0 heterocycles. The number of hydrogen-bond acceptors (Lipinski definition) is 6. The predicted molar refractivity (Wildman–Crippen MR) is 90.4 cm³/mol. The highest BCUT2D eigenvalue weighted by atomic mass is 32.2. The molecule has 0 spiro atoms. The molecule has 0 aliphatic heterocycles. The molecule has 134 valence electrons. The number of nitrogens with zero attached hydrogens (tertiary/aromatic N) is 1. The lowest BCUT2D eigenvalue weighted by Gasteiger charge is -2.22. The molecule has 0 radical (unpaired) electrons. The van der Waals surface area contributed by atoms with Crippen LogP contribution in [0.25, 0.3) is 0 Å². The van der Waals surface area contributed by atoms with Gasteiger partial charge in [0.05, 0.1) is 16.7 Å². The predicted octanol–water partition coefficient (Wildman–Crippen LogP) is 2.39. The van der Waals surface area contributed by atoms with Crippen LogP contribution in [-0.4, -0.2) is 32.6 Å². The van der Waals surface area contributed by atoms with Crippen LogP contribution < -0.4 is 10.5 Å². The minimum Gasteiger partial charge on any atom is -0.384 e. The fraction of sp³-hybridized carbons (Fsp3) is 0.600. The van der Waals surface area contributed by atoms with Gasteiger partial charge in [0.25, 0.3) is 5.69 Å². The first-order valence-corrected chi connectivity index (χ1v) is 9.59. The first kappa shape index (κ1) is 18.6. The number of primary sulfonamides is 1. The van der Waals surface area contributed by atoms with Crippen LogP contribution in [0.5, 0.6) is 0 Å². The molecule has 8 nitrogen and oxygen atoms in total. The van der Waals surface area contributed by atoms with E-state index in [9.17, 15) is 18.5 Å². The summed E-state index contributed by atoms with van der Waals surface area (Å²) in [5, 5.41) is 18.9. The van der Waals surface area contributed by atoms with Gasteiger partial charge in [0.1, 0.15) is 4.90 Å². The van der Waals surface area contributed by atoms with Crippen molar-refractivity contribution in [2.75, 3.05) is 18.5 Å². The fourth-order valence-corrected chi connectivity index (χ4v) is 3.51. The van der Waals surface area contributed by atoms with Gasteiger partial charge >= 0.3 is 0 Å². The quantitative estimate of drug-likeness (QED) is 0.418. The molecule has 0 saturated heterocycles. The van der Waals surface area contributed by atoms with Crippen molar-refractivity contribution in [3.8, 4) is 0 Å². The highest BCUT2D eigenvalue weighted by molar-refractivity contribution is 7.89. The molecule has 24 heavy (non-hydrogen) atoms. The zero-order valence-electron chi connectivity index (χ0n) is 13.4. The summed E-state index contributed by atoms with van der Waals surface area (Å²) in [4.78, 5) is 9.84. The maximum atomic E-state index is 11.6. The zero-order chi connectivity index (χ0) is 17.6. The number of nitro groups is 1. The normalized spacial score (nSPS) is 16.0. The van der Waals surface area contributed by atoms with Gasteiger partial charge in [-0.25, -0.2) is 13.6 Å². The van der Waals surface area contributed by atoms with Gasteiger partial charge in [0.15, 0.2) is 0 Å². The summed E-state index contributed by atoms with van der Waals surface area (Å²) in [5.74, 6) is 0. The number of nitrogens with one attached hydrogen (secondary N) is 1. The molecule has 0 amide bonds. The summed E-state index contributed by atoms with van der Waals surface area (Å²) in [6.07, 6.45) is 6.94. The van der Waals surface area contributed by atoms with Crippen LogP contribution >= 0.6 is 0 Å². The number of non-ortho nitro benzene ring substituents is 1. The maximum Gasteiger partial charge on any atom is 0.270 e. The van der Waals surface area contributed by atoms with Crippen molar-refractivity contribution in [1.82, 2.24) is 0 Å². The van der Waals surface area contributed by atoms with E-state index in [2.05, 4.69) is 5.32 Å². The van der Waals surface area contributed by atoms with Crippen molar-refractivity contribution < 1.29 is 18.1 Å². The fourth-order valence-electron chi connectivity index (χ4n) is 2.78. The monoisotopic (exact) mass is 357 g/mol. The van der Waals surface area contributed by atoms with Crippen molar-refractivity contribution in [3.05, 3.63) is 28.3 Å². The number of nitrogens with two attached hydrogens (primary N) is 1. The Labute approximate surface area is 141 Å². The summed E-state index contributed by atoms with van der Waals surface area (Å²) in [5.41, 5.74) is -0.0500. The van der Waals surface area contributed by atoms with Crippen molar-refractivity contribution in [2.45, 2.75) is 49.5 Å². The Morgan fingerprint density at radius 2 is 2.00 bits per heavy atom. The summed E-state index contributed by atoms with van der Waals surface area (Å²) in [6.45, 7) is 1.09. The summed E-state index contributed by atoms with van der Waals surface area (Å²) in [7, 11) is -4.05. The number of rotatable bonds is 8. The Balaban J connectivity index is 1.88. The van der Waals surface area contributed by atoms with Crippen LogP contribution in [0, 0.1) is 10.1 Å². The number of ether oxygens (including phenoxy) is 1. The van der Waals surface area contributed by atoms with E-state index in [0.717, 1.165) is 18.9 Å². The van der Waals surface area contributed by atoms with E-state index < -0.39 is 14.9 Å². The third-order valence-electron chi connectivity index (χ3n) is 4.02. The molecule has 0 aromatic heterocycles. The van der Waals surface area contributed by atoms with Gasteiger partial charge in [-0.3, -0.25) is 10.1 Å². The van der Waals surface area contributed by atoms with E-state index in [1.165, 1.54) is 31.4 Å². The molecule has 1 aliphatic carbocycles. The van der Waals surface area contributed by atoms with Gasteiger partial charge in [-0.1, -0.05) is 19.3 Å². The van der Waals surface area contributed by atoms with Crippen LogP contribution in [-0.2, 0) is 14.8 Å². The standard InChI is InChI=1S/C15H23N3O5S/c16-24(21,22)15-11-12(18(19)20)7-8-14(15)17-9-4-10-23-13-5-2-1-3-6-13/h7-8,11,13,17H,1-6,9-10H2,(H2,16,21,22). The van der Waals surface area contributed by atoms with Crippen molar-refractivity contribution >= 4 is 21.4 Å². The molecule has 0 unspecified atom stereocenters. The first-order valence-electron chi connectivity index (χ1n) is 8.04. The van der Waals surface area contributed by atoms with Crippen LogP contribution in [0.4, 0.5) is 11.4 Å². The second-order valence-corrected chi connectivity index (χ2v) is 7.42. The second kappa shape index (κ2) is 8.41. The molecule has 1 fully saturated rings. The molecule has 1 aliphatic rings. The minimum absolute atomic E-state index is 0.265. The number of anilines is 1. The van der Waals surface area contributed by atoms with Crippen LogP contribution in [0.1, 0.15) is 38.5 Å². The summed E-state index contributed by atoms with van der Waals surface area (Å²) in [6, 6.07) is 3.58. The number of benzene rings is 1. The lowest BCUT2D eigenvalue weighted by Crippen LogP contribution is -2.19. The van der Waals surface area contributed by atoms with E-state index in [1.807, 2.05) is 0 Å². The van der Waals surface area contributed by atoms with Crippen molar-refractivity contribution in [3.63, 3.8) is 0 Å². The number of sulfonamides is 1. The lowest BCUT2D eigenvalue weighted by molar-refractivity contribution is -0.385. The van der Waals surface area contributed by atoms with Crippen LogP contribution in [0.2, 0.25) is 0 Å². The average Bonchev–Trinajstić information content (AvgIpc) is 2.54. The molecule has 2 rings (SSSR count). The maximum absolute atomic E-state index is 11.6. The molecule has 1 aromatic carbocycles. The average molecular weight is 357 g/mol. The highest BCUT2D eigenvalue weighted by Gasteiger charge is 2.19. The van der Waals surface area contributed by atoms with E-state index in [1.54, 1.807) is 0 Å². The van der Waals surface area contributed by atoms with Gasteiger partial charge in [-0.15, -0.1) is 0 Å². The van der Waals surface area contributed by atoms with Crippen molar-refractivity contribution in [1.29, 1.82) is 0 Å². The smallest absolute Gasteiger partial charge is 0.270 e. The molecule has 3 N–H and O–H groups in total. The third-order valence-corrected chi connectivity index (χ3v) is 4.98. The van der Waals surface area contributed by atoms with Gasteiger partial charge < -0.3 is 10.1 Å². The summed E-state index contributed by atoms with van der Waals surface area (Å²) < 4.78 is 29.0. The molecular formula is C15H23N3O5S. The van der Waals surface area contributed by atoms with Gasteiger partial charge in [-0.2, -0.15) is 0 Å². The Kier molecular flexibility index (Phi) is 6.52. The van der Waals surface area contributed by atoms with Crippen LogP contribution in [0.3, 0.4) is 0 Å². The Hall–Kier alpha value is -1.71. The lowest BCUT2D eigenvalue weighted by atomic mass is 9.98. The zero-order valence-corrected chi connectivity index (χ0v) is 14.3. The number of nitro benzene ring substituents is 1. The Bertz CT molecular complexity index is 672. The first-order chi connectivity index (χ1) is 11.4. The van der Waals surface area contributed by atoms with Gasteiger partial charge in [0, 0.05) is 25.3 Å². The van der Waals surface area contributed by atoms with E-state index in [-0.39, 0.29) is 16.3 Å².